The quantitative estimate of drug-likeness (QED) is 0.790. The fraction of sp³-hybridized carbons (Fsp3) is 0.0909. The molecule has 0 saturated heterocycles. The number of fused-ring (bicyclic) bond motifs is 1. The van der Waals surface area contributed by atoms with Crippen LogP contribution < -0.4 is 5.32 Å². The molecule has 66 valence electrons. The Hall–Kier alpha value is -0.770. The van der Waals surface area contributed by atoms with Crippen LogP contribution in [0.1, 0.15) is 0 Å². The zero-order valence-corrected chi connectivity index (χ0v) is 9.50. The highest BCUT2D eigenvalue weighted by Gasteiger charge is 1.97. The number of anilines is 1. The standard InChI is InChI=1S/C11H10IN/c1-13-9-5-6-10-8(7-9)3-2-4-11(10)12/h2-7,13H,1H3. The molecule has 0 spiro atoms. The lowest BCUT2D eigenvalue weighted by molar-refractivity contribution is 1.53. The molecule has 0 aliphatic rings. The monoisotopic (exact) mass is 283 g/mol. The van der Waals surface area contributed by atoms with Gasteiger partial charge in [0, 0.05) is 16.3 Å². The Kier molecular flexibility index (Phi) is 2.40. The maximum atomic E-state index is 3.14. The van der Waals surface area contributed by atoms with E-state index in [0.29, 0.717) is 0 Å². The molecular weight excluding hydrogens is 273 g/mol. The van der Waals surface area contributed by atoms with Gasteiger partial charge in [-0.2, -0.15) is 0 Å². The van der Waals surface area contributed by atoms with Gasteiger partial charge in [0.15, 0.2) is 0 Å². The van der Waals surface area contributed by atoms with Crippen molar-refractivity contribution in [3.05, 3.63) is 40.0 Å². The number of halogens is 1. The van der Waals surface area contributed by atoms with Crippen LogP contribution in [0.25, 0.3) is 10.8 Å². The average molecular weight is 283 g/mol. The Balaban J connectivity index is 2.72. The summed E-state index contributed by atoms with van der Waals surface area (Å²) in [5, 5.41) is 5.75. The van der Waals surface area contributed by atoms with Crippen LogP contribution in [0.15, 0.2) is 36.4 Å². The van der Waals surface area contributed by atoms with Crippen LogP contribution in [-0.4, -0.2) is 7.05 Å². The van der Waals surface area contributed by atoms with Crippen molar-refractivity contribution in [1.29, 1.82) is 0 Å². The molecule has 0 aromatic heterocycles. The predicted molar refractivity (Wildman–Crippen MR) is 66.2 cm³/mol. The van der Waals surface area contributed by atoms with Gasteiger partial charge in [-0.1, -0.05) is 18.2 Å². The summed E-state index contributed by atoms with van der Waals surface area (Å²) in [6, 6.07) is 12.8. The summed E-state index contributed by atoms with van der Waals surface area (Å²) in [5.41, 5.74) is 1.16. The van der Waals surface area contributed by atoms with Crippen LogP contribution in [0, 0.1) is 3.57 Å². The number of nitrogens with one attached hydrogen (secondary N) is 1. The Labute approximate surface area is 91.3 Å². The van der Waals surface area contributed by atoms with Crippen LogP contribution in [-0.2, 0) is 0 Å². The highest BCUT2D eigenvalue weighted by molar-refractivity contribution is 14.1. The summed E-state index contributed by atoms with van der Waals surface area (Å²) >= 11 is 2.36. The van der Waals surface area contributed by atoms with E-state index < -0.39 is 0 Å². The largest absolute Gasteiger partial charge is 0.388 e. The number of rotatable bonds is 1. The molecule has 0 aliphatic heterocycles. The lowest BCUT2D eigenvalue weighted by Crippen LogP contribution is -1.87. The van der Waals surface area contributed by atoms with Gasteiger partial charge in [-0.3, -0.25) is 0 Å². The third-order valence-corrected chi connectivity index (χ3v) is 3.06. The molecule has 1 nitrogen and oxygen atoms in total. The molecule has 0 unspecified atom stereocenters. The van der Waals surface area contributed by atoms with E-state index in [9.17, 15) is 0 Å². The summed E-state index contributed by atoms with van der Waals surface area (Å²) in [5.74, 6) is 0. The first-order chi connectivity index (χ1) is 6.31. The van der Waals surface area contributed by atoms with Gasteiger partial charge < -0.3 is 5.32 Å². The Morgan fingerprint density at radius 2 is 2.00 bits per heavy atom. The molecule has 2 rings (SSSR count). The molecule has 0 radical (unpaired) electrons. The molecule has 1 N–H and O–H groups in total. The first-order valence-corrected chi connectivity index (χ1v) is 5.25. The lowest BCUT2D eigenvalue weighted by Gasteiger charge is -2.03. The smallest absolute Gasteiger partial charge is 0.0344 e. The molecule has 2 heteroatoms. The highest BCUT2D eigenvalue weighted by atomic mass is 127. The molecule has 0 amide bonds. The van der Waals surface area contributed by atoms with Gasteiger partial charge in [-0.25, -0.2) is 0 Å². The van der Waals surface area contributed by atoms with Crippen molar-refractivity contribution in [2.75, 3.05) is 12.4 Å². The van der Waals surface area contributed by atoms with Crippen LogP contribution in [0.3, 0.4) is 0 Å². The van der Waals surface area contributed by atoms with Gasteiger partial charge in [-0.05, 0) is 51.6 Å². The van der Waals surface area contributed by atoms with E-state index >= 15 is 0 Å². The van der Waals surface area contributed by atoms with E-state index in [1.165, 1.54) is 14.3 Å². The molecule has 0 fully saturated rings. The summed E-state index contributed by atoms with van der Waals surface area (Å²) in [6.45, 7) is 0. The van der Waals surface area contributed by atoms with Gasteiger partial charge >= 0.3 is 0 Å². The Morgan fingerprint density at radius 1 is 1.15 bits per heavy atom. The lowest BCUT2D eigenvalue weighted by atomic mass is 10.1. The maximum absolute atomic E-state index is 3.14. The molecule has 0 aliphatic carbocycles. The first kappa shape index (κ1) is 8.81. The third kappa shape index (κ3) is 1.63. The normalized spacial score (nSPS) is 10.3. The molecule has 0 heterocycles. The van der Waals surface area contributed by atoms with Crippen molar-refractivity contribution < 1.29 is 0 Å². The zero-order valence-electron chi connectivity index (χ0n) is 7.34. The van der Waals surface area contributed by atoms with Crippen molar-refractivity contribution >= 4 is 39.1 Å². The van der Waals surface area contributed by atoms with E-state index in [1.54, 1.807) is 0 Å². The van der Waals surface area contributed by atoms with Crippen LogP contribution >= 0.6 is 22.6 Å². The van der Waals surface area contributed by atoms with E-state index in [4.69, 9.17) is 0 Å². The summed E-state index contributed by atoms with van der Waals surface area (Å²) < 4.78 is 1.30. The summed E-state index contributed by atoms with van der Waals surface area (Å²) in [6.07, 6.45) is 0. The van der Waals surface area contributed by atoms with Crippen molar-refractivity contribution in [3.63, 3.8) is 0 Å². The van der Waals surface area contributed by atoms with E-state index in [0.717, 1.165) is 5.69 Å². The number of hydrogen-bond acceptors (Lipinski definition) is 1. The van der Waals surface area contributed by atoms with Gasteiger partial charge in [0.25, 0.3) is 0 Å². The van der Waals surface area contributed by atoms with Crippen molar-refractivity contribution in [2.45, 2.75) is 0 Å². The van der Waals surface area contributed by atoms with Crippen molar-refractivity contribution in [2.24, 2.45) is 0 Å². The van der Waals surface area contributed by atoms with Gasteiger partial charge in [0.2, 0.25) is 0 Å². The molecule has 2 aromatic carbocycles. The first-order valence-electron chi connectivity index (χ1n) is 4.17. The third-order valence-electron chi connectivity index (χ3n) is 2.12. The minimum Gasteiger partial charge on any atom is -0.388 e. The molecule has 0 bridgehead atoms. The van der Waals surface area contributed by atoms with Crippen LogP contribution in [0.5, 0.6) is 0 Å². The molecule has 2 aromatic rings. The van der Waals surface area contributed by atoms with E-state index in [1.807, 2.05) is 7.05 Å². The fourth-order valence-corrected chi connectivity index (χ4v) is 2.10. The highest BCUT2D eigenvalue weighted by Crippen LogP contribution is 2.23. The Bertz CT molecular complexity index is 437. The predicted octanol–water partition coefficient (Wildman–Crippen LogP) is 3.49. The van der Waals surface area contributed by atoms with E-state index in [-0.39, 0.29) is 0 Å². The van der Waals surface area contributed by atoms with Crippen molar-refractivity contribution in [3.8, 4) is 0 Å². The molecule has 0 saturated carbocycles. The topological polar surface area (TPSA) is 12.0 Å². The van der Waals surface area contributed by atoms with Gasteiger partial charge in [0.1, 0.15) is 0 Å². The average Bonchev–Trinajstić information content (AvgIpc) is 2.18. The van der Waals surface area contributed by atoms with E-state index in [2.05, 4.69) is 64.3 Å². The second-order valence-corrected chi connectivity index (χ2v) is 4.09. The maximum Gasteiger partial charge on any atom is 0.0344 e. The molecule has 0 atom stereocenters. The zero-order chi connectivity index (χ0) is 9.26. The van der Waals surface area contributed by atoms with Crippen LogP contribution in [0.4, 0.5) is 5.69 Å². The van der Waals surface area contributed by atoms with Crippen molar-refractivity contribution in [1.82, 2.24) is 0 Å². The minimum absolute atomic E-state index is 1.16. The number of benzene rings is 2. The fourth-order valence-electron chi connectivity index (χ4n) is 1.40. The number of hydrogen-bond donors (Lipinski definition) is 1. The van der Waals surface area contributed by atoms with Gasteiger partial charge in [-0.15, -0.1) is 0 Å². The second-order valence-electron chi connectivity index (χ2n) is 2.93. The minimum atomic E-state index is 1.16. The molecular formula is C11H10IN. The second kappa shape index (κ2) is 3.54. The summed E-state index contributed by atoms with van der Waals surface area (Å²) in [4.78, 5) is 0. The SMILES string of the molecule is CNc1ccc2c(I)cccc2c1. The summed E-state index contributed by atoms with van der Waals surface area (Å²) in [7, 11) is 1.94. The molecule has 13 heavy (non-hydrogen) atoms. The Morgan fingerprint density at radius 3 is 2.77 bits per heavy atom. The van der Waals surface area contributed by atoms with Gasteiger partial charge in [0.05, 0.1) is 0 Å². The van der Waals surface area contributed by atoms with Crippen LogP contribution in [0.2, 0.25) is 0 Å².